The van der Waals surface area contributed by atoms with Crippen LogP contribution in [0.1, 0.15) is 46.8 Å². The van der Waals surface area contributed by atoms with Crippen molar-refractivity contribution in [3.8, 4) is 0 Å². The lowest BCUT2D eigenvalue weighted by molar-refractivity contribution is -0.275. The van der Waals surface area contributed by atoms with Crippen LogP contribution < -0.4 is 5.32 Å². The van der Waals surface area contributed by atoms with Crippen molar-refractivity contribution in [1.82, 2.24) is 10.4 Å². The maximum absolute atomic E-state index is 14.2. The van der Waals surface area contributed by atoms with E-state index in [4.69, 9.17) is 32.9 Å². The van der Waals surface area contributed by atoms with E-state index in [2.05, 4.69) is 10.5 Å². The predicted octanol–water partition coefficient (Wildman–Crippen LogP) is 5.83. The molecule has 0 aromatic heterocycles. The number of oxime groups is 1. The van der Waals surface area contributed by atoms with Crippen LogP contribution in [-0.2, 0) is 26.2 Å². The molecule has 2 aromatic carbocycles. The van der Waals surface area contributed by atoms with Crippen LogP contribution in [0.5, 0.6) is 0 Å². The predicted molar refractivity (Wildman–Crippen MR) is 122 cm³/mol. The highest BCUT2D eigenvalue weighted by Crippen LogP contribution is 2.50. The molecule has 2 heterocycles. The molecule has 204 valence electrons. The van der Waals surface area contributed by atoms with Gasteiger partial charge in [0.1, 0.15) is 0 Å². The second kappa shape index (κ2) is 9.93. The third kappa shape index (κ3) is 5.27. The fourth-order valence-electron chi connectivity index (χ4n) is 4.06. The number of benzene rings is 2. The number of alkyl halides is 6. The lowest BCUT2D eigenvalue weighted by Crippen LogP contribution is -2.42. The van der Waals surface area contributed by atoms with Crippen LogP contribution in [0.2, 0.25) is 10.0 Å². The van der Waals surface area contributed by atoms with Crippen LogP contribution in [0.3, 0.4) is 0 Å². The summed E-state index contributed by atoms with van der Waals surface area (Å²) in [4.78, 5) is 34.4. The first-order valence-corrected chi connectivity index (χ1v) is 11.7. The van der Waals surface area contributed by atoms with Gasteiger partial charge >= 0.3 is 12.4 Å². The van der Waals surface area contributed by atoms with E-state index in [1.165, 1.54) is 6.07 Å². The number of hydrogen-bond donors (Lipinski definition) is 1. The van der Waals surface area contributed by atoms with Crippen molar-refractivity contribution in [2.75, 3.05) is 6.54 Å². The summed E-state index contributed by atoms with van der Waals surface area (Å²) in [5, 5.41) is 6.38. The number of nitrogens with one attached hydrogen (secondary N) is 1. The van der Waals surface area contributed by atoms with Crippen LogP contribution in [0, 0.1) is 0 Å². The first-order chi connectivity index (χ1) is 17.6. The zero-order chi connectivity index (χ0) is 28.0. The van der Waals surface area contributed by atoms with Gasteiger partial charge in [-0.05, 0) is 37.3 Å². The van der Waals surface area contributed by atoms with Gasteiger partial charge in [-0.2, -0.15) is 26.3 Å². The van der Waals surface area contributed by atoms with Gasteiger partial charge in [0.15, 0.2) is 6.23 Å². The number of nitrogens with zero attached hydrogens (tertiary/aromatic N) is 2. The minimum Gasteiger partial charge on any atom is -0.374 e. The monoisotopic (exact) mass is 583 g/mol. The molecule has 0 saturated carbocycles. The molecule has 2 aliphatic rings. The Balaban J connectivity index is 1.65. The van der Waals surface area contributed by atoms with E-state index in [9.17, 15) is 35.9 Å². The van der Waals surface area contributed by atoms with Gasteiger partial charge in [-0.15, -0.1) is 0 Å². The minimum atomic E-state index is -5.06. The summed E-state index contributed by atoms with van der Waals surface area (Å²) in [7, 11) is 0. The van der Waals surface area contributed by atoms with Crippen LogP contribution in [-0.4, -0.2) is 41.5 Å². The fraction of sp³-hybridized carbons (Fsp3) is 0.348. The summed E-state index contributed by atoms with van der Waals surface area (Å²) in [5.41, 5.74) is -6.59. The van der Waals surface area contributed by atoms with E-state index in [0.717, 1.165) is 29.3 Å². The van der Waals surface area contributed by atoms with E-state index >= 15 is 0 Å². The van der Waals surface area contributed by atoms with Crippen molar-refractivity contribution in [1.29, 1.82) is 0 Å². The van der Waals surface area contributed by atoms with Gasteiger partial charge in [-0.25, -0.2) is 9.90 Å². The van der Waals surface area contributed by atoms with E-state index in [1.54, 1.807) is 6.92 Å². The van der Waals surface area contributed by atoms with Crippen LogP contribution >= 0.6 is 23.2 Å². The lowest BCUT2D eigenvalue weighted by atomic mass is 9.86. The summed E-state index contributed by atoms with van der Waals surface area (Å²) in [6.45, 7) is 1.77. The SMILES string of the molecule is CCN1OC(NC(=O)c2ccc(C3=NOC(c4cc(Cl)cc(Cl)c4)(C(F)(F)F)C3)cc2C(F)(F)F)CC1=O. The van der Waals surface area contributed by atoms with Gasteiger partial charge in [0, 0.05) is 34.1 Å². The molecule has 2 amide bonds. The number of carbonyl (C=O) groups is 2. The second-order valence-corrected chi connectivity index (χ2v) is 9.28. The summed E-state index contributed by atoms with van der Waals surface area (Å²) >= 11 is 11.7. The highest BCUT2D eigenvalue weighted by molar-refractivity contribution is 6.34. The number of amides is 2. The Kier molecular flexibility index (Phi) is 7.32. The molecule has 0 aliphatic carbocycles. The smallest absolute Gasteiger partial charge is 0.374 e. The van der Waals surface area contributed by atoms with E-state index < -0.39 is 64.8 Å². The second-order valence-electron chi connectivity index (χ2n) is 8.41. The van der Waals surface area contributed by atoms with E-state index in [-0.39, 0.29) is 28.6 Å². The quantitative estimate of drug-likeness (QED) is 0.449. The molecule has 7 nitrogen and oxygen atoms in total. The number of hydroxylamine groups is 2. The van der Waals surface area contributed by atoms with Gasteiger partial charge in [0.2, 0.25) is 0 Å². The molecule has 0 radical (unpaired) electrons. The number of carbonyl (C=O) groups excluding carboxylic acids is 2. The van der Waals surface area contributed by atoms with Gasteiger partial charge in [0.05, 0.1) is 23.3 Å². The van der Waals surface area contributed by atoms with Crippen molar-refractivity contribution >= 4 is 40.7 Å². The molecule has 1 saturated heterocycles. The first-order valence-electron chi connectivity index (χ1n) is 10.9. The zero-order valence-electron chi connectivity index (χ0n) is 19.2. The van der Waals surface area contributed by atoms with Gasteiger partial charge in [-0.1, -0.05) is 34.4 Å². The summed E-state index contributed by atoms with van der Waals surface area (Å²) in [6.07, 6.45) is -12.6. The fourth-order valence-corrected chi connectivity index (χ4v) is 4.59. The van der Waals surface area contributed by atoms with Gasteiger partial charge in [-0.3, -0.25) is 9.59 Å². The Morgan fingerprint density at radius 2 is 1.79 bits per heavy atom. The van der Waals surface area contributed by atoms with Gasteiger partial charge < -0.3 is 10.2 Å². The molecule has 38 heavy (non-hydrogen) atoms. The molecule has 1 N–H and O–H groups in total. The number of halogens is 8. The Morgan fingerprint density at radius 3 is 2.34 bits per heavy atom. The maximum Gasteiger partial charge on any atom is 0.435 e. The van der Waals surface area contributed by atoms with Crippen molar-refractivity contribution in [3.63, 3.8) is 0 Å². The molecule has 0 spiro atoms. The zero-order valence-corrected chi connectivity index (χ0v) is 20.7. The number of hydrogen-bond acceptors (Lipinski definition) is 5. The topological polar surface area (TPSA) is 80.2 Å². The van der Waals surface area contributed by atoms with Crippen molar-refractivity contribution in [2.24, 2.45) is 5.16 Å². The summed E-state index contributed by atoms with van der Waals surface area (Å²) in [5.74, 6) is -1.65. The summed E-state index contributed by atoms with van der Waals surface area (Å²) in [6, 6.07) is 5.48. The Morgan fingerprint density at radius 1 is 1.13 bits per heavy atom. The van der Waals surface area contributed by atoms with Crippen molar-refractivity contribution < 1.29 is 45.6 Å². The largest absolute Gasteiger partial charge is 0.435 e. The highest BCUT2D eigenvalue weighted by Gasteiger charge is 2.62. The molecule has 4 rings (SSSR count). The minimum absolute atomic E-state index is 0.113. The Hall–Kier alpha value is -3.03. The molecule has 2 atom stereocenters. The average molecular weight is 584 g/mol. The third-order valence-corrected chi connectivity index (χ3v) is 6.33. The molecule has 15 heteroatoms. The van der Waals surface area contributed by atoms with Crippen molar-refractivity contribution in [2.45, 2.75) is 43.9 Å². The van der Waals surface area contributed by atoms with Crippen LogP contribution in [0.15, 0.2) is 41.6 Å². The van der Waals surface area contributed by atoms with Crippen LogP contribution in [0.4, 0.5) is 26.3 Å². The van der Waals surface area contributed by atoms with E-state index in [1.807, 2.05) is 0 Å². The molecular weight excluding hydrogens is 567 g/mol. The standard InChI is InChI=1S/C23H17Cl2F6N3O4/c1-2-34-19(35)9-18(37-34)32-20(36)15-4-3-11(5-16(15)22(26,27)28)17-10-21(38-33-17,23(29,30)31)12-6-13(24)8-14(25)7-12/h3-8,18H,2,9-10H2,1H3,(H,32,36). The Labute approximate surface area is 221 Å². The lowest BCUT2D eigenvalue weighted by Gasteiger charge is -2.29. The molecule has 1 fully saturated rings. The molecule has 0 bridgehead atoms. The molecular formula is C23H17Cl2F6N3O4. The van der Waals surface area contributed by atoms with Gasteiger partial charge in [0.25, 0.3) is 17.4 Å². The molecule has 2 aromatic rings. The average Bonchev–Trinajstić information content (AvgIpc) is 3.42. The van der Waals surface area contributed by atoms with E-state index in [0.29, 0.717) is 6.07 Å². The molecule has 2 aliphatic heterocycles. The maximum atomic E-state index is 14.2. The number of rotatable bonds is 5. The van der Waals surface area contributed by atoms with Crippen LogP contribution in [0.25, 0.3) is 0 Å². The molecule has 2 unspecified atom stereocenters. The first kappa shape index (κ1) is 28.0. The summed E-state index contributed by atoms with van der Waals surface area (Å²) < 4.78 is 84.4. The van der Waals surface area contributed by atoms with Crippen molar-refractivity contribution in [3.05, 3.63) is 68.7 Å². The normalized spacial score (nSPS) is 21.9. The highest BCUT2D eigenvalue weighted by atomic mass is 35.5. The third-order valence-electron chi connectivity index (χ3n) is 5.89. The Bertz CT molecular complexity index is 1300.